The molecule has 0 aliphatic rings. The molecule has 0 saturated carbocycles. The van der Waals surface area contributed by atoms with E-state index in [1.807, 2.05) is 6.07 Å². The topological polar surface area (TPSA) is 29.3 Å². The minimum atomic E-state index is -4.16. The maximum atomic E-state index is 12.3. The Morgan fingerprint density at radius 1 is 1.17 bits per heavy atom. The molecule has 6 heteroatoms. The highest BCUT2D eigenvalue weighted by molar-refractivity contribution is 7.80. The smallest absolute Gasteiger partial charge is 0.390 e. The van der Waals surface area contributed by atoms with Crippen LogP contribution in [0.2, 0.25) is 0 Å². The summed E-state index contributed by atoms with van der Waals surface area (Å²) < 4.78 is 36.8. The summed E-state index contributed by atoms with van der Waals surface area (Å²) in [6.45, 7) is 0.311. The Balaban J connectivity index is 2.66. The van der Waals surface area contributed by atoms with Crippen LogP contribution in [0.4, 0.5) is 18.9 Å². The van der Waals surface area contributed by atoms with Crippen molar-refractivity contribution in [2.45, 2.75) is 19.0 Å². The predicted molar refractivity (Wildman–Crippen MR) is 70.7 cm³/mol. The lowest BCUT2D eigenvalue weighted by molar-refractivity contribution is -0.132. The summed E-state index contributed by atoms with van der Waals surface area (Å²) in [5, 5.41) is 0. The van der Waals surface area contributed by atoms with Crippen LogP contribution in [0, 0.1) is 0 Å². The number of benzene rings is 1. The largest absolute Gasteiger partial charge is 0.393 e. The van der Waals surface area contributed by atoms with Gasteiger partial charge in [0.25, 0.3) is 0 Å². The fourth-order valence-electron chi connectivity index (χ4n) is 1.52. The monoisotopic (exact) mass is 276 g/mol. The van der Waals surface area contributed by atoms with Crippen molar-refractivity contribution in [2.75, 3.05) is 18.0 Å². The summed E-state index contributed by atoms with van der Waals surface area (Å²) in [5.74, 6) is 0. The van der Waals surface area contributed by atoms with Gasteiger partial charge in [-0.05, 0) is 12.1 Å². The predicted octanol–water partition coefficient (Wildman–Crippen LogP) is 3.12. The molecule has 100 valence electrons. The van der Waals surface area contributed by atoms with Gasteiger partial charge in [-0.2, -0.15) is 13.2 Å². The van der Waals surface area contributed by atoms with Crippen molar-refractivity contribution in [3.63, 3.8) is 0 Å². The standard InChI is InChI=1S/C12H15F3N2S/c13-12(14,15)7-9-17(8-6-11(16)18)10-4-2-1-3-5-10/h1-5H,6-9H2,(H2,16,18). The number of nitrogens with two attached hydrogens (primary N) is 1. The molecule has 0 unspecified atom stereocenters. The Morgan fingerprint density at radius 2 is 1.78 bits per heavy atom. The molecule has 1 aromatic rings. The van der Waals surface area contributed by atoms with Gasteiger partial charge >= 0.3 is 6.18 Å². The van der Waals surface area contributed by atoms with Gasteiger partial charge in [0.1, 0.15) is 0 Å². The molecule has 18 heavy (non-hydrogen) atoms. The zero-order valence-corrected chi connectivity index (χ0v) is 10.6. The van der Waals surface area contributed by atoms with Gasteiger partial charge in [-0.25, -0.2) is 0 Å². The molecule has 2 nitrogen and oxygen atoms in total. The lowest BCUT2D eigenvalue weighted by Crippen LogP contribution is -2.31. The van der Waals surface area contributed by atoms with Crippen molar-refractivity contribution in [2.24, 2.45) is 5.73 Å². The van der Waals surface area contributed by atoms with E-state index >= 15 is 0 Å². The van der Waals surface area contributed by atoms with Crippen molar-refractivity contribution in [3.8, 4) is 0 Å². The van der Waals surface area contributed by atoms with E-state index < -0.39 is 12.6 Å². The summed E-state index contributed by atoms with van der Waals surface area (Å²) in [7, 11) is 0. The van der Waals surface area contributed by atoms with E-state index in [-0.39, 0.29) is 6.54 Å². The van der Waals surface area contributed by atoms with Crippen molar-refractivity contribution < 1.29 is 13.2 Å². The van der Waals surface area contributed by atoms with Gasteiger partial charge in [-0.15, -0.1) is 0 Å². The third-order valence-corrected chi connectivity index (χ3v) is 2.62. The van der Waals surface area contributed by atoms with Crippen LogP contribution in [-0.4, -0.2) is 24.3 Å². The number of alkyl halides is 3. The maximum absolute atomic E-state index is 12.3. The molecule has 0 bridgehead atoms. The normalized spacial score (nSPS) is 11.3. The Bertz CT molecular complexity index is 379. The average Bonchev–Trinajstić information content (AvgIpc) is 2.28. The van der Waals surface area contributed by atoms with Gasteiger partial charge in [0.15, 0.2) is 0 Å². The fraction of sp³-hybridized carbons (Fsp3) is 0.417. The molecule has 0 spiro atoms. The van der Waals surface area contributed by atoms with Gasteiger partial charge in [0, 0.05) is 25.2 Å². The molecule has 0 amide bonds. The molecule has 1 aromatic carbocycles. The maximum Gasteiger partial charge on any atom is 0.390 e. The molecule has 0 saturated heterocycles. The van der Waals surface area contributed by atoms with Crippen LogP contribution in [0.25, 0.3) is 0 Å². The van der Waals surface area contributed by atoms with E-state index in [9.17, 15) is 13.2 Å². The lowest BCUT2D eigenvalue weighted by Gasteiger charge is -2.25. The number of rotatable bonds is 6. The third kappa shape index (κ3) is 5.86. The fourth-order valence-corrected chi connectivity index (χ4v) is 1.61. The summed E-state index contributed by atoms with van der Waals surface area (Å²) in [6.07, 6.45) is -4.60. The molecule has 0 aromatic heterocycles. The van der Waals surface area contributed by atoms with Gasteiger partial charge in [0.05, 0.1) is 11.4 Å². The van der Waals surface area contributed by atoms with Crippen LogP contribution >= 0.6 is 12.2 Å². The number of hydrogen-bond acceptors (Lipinski definition) is 2. The van der Waals surface area contributed by atoms with Crippen LogP contribution in [0.1, 0.15) is 12.8 Å². The molecular weight excluding hydrogens is 261 g/mol. The molecule has 0 aliphatic carbocycles. The second-order valence-electron chi connectivity index (χ2n) is 3.90. The molecular formula is C12H15F3N2S. The second kappa shape index (κ2) is 6.58. The highest BCUT2D eigenvalue weighted by Gasteiger charge is 2.27. The van der Waals surface area contributed by atoms with E-state index in [0.717, 1.165) is 5.69 Å². The number of thiocarbonyl (C=S) groups is 1. The van der Waals surface area contributed by atoms with Gasteiger partial charge in [-0.1, -0.05) is 30.4 Å². The van der Waals surface area contributed by atoms with Crippen LogP contribution < -0.4 is 10.6 Å². The first kappa shape index (κ1) is 14.8. The quantitative estimate of drug-likeness (QED) is 0.809. The van der Waals surface area contributed by atoms with Crippen molar-refractivity contribution >= 4 is 22.9 Å². The zero-order valence-electron chi connectivity index (χ0n) is 9.78. The summed E-state index contributed by atoms with van der Waals surface area (Å²) in [6, 6.07) is 8.94. The molecule has 2 N–H and O–H groups in total. The Hall–Kier alpha value is -1.30. The van der Waals surface area contributed by atoms with Crippen molar-refractivity contribution in [1.29, 1.82) is 0 Å². The van der Waals surface area contributed by atoms with E-state index in [1.165, 1.54) is 0 Å². The molecule has 1 rings (SSSR count). The lowest BCUT2D eigenvalue weighted by atomic mass is 10.2. The van der Waals surface area contributed by atoms with E-state index in [0.29, 0.717) is 18.0 Å². The van der Waals surface area contributed by atoms with Gasteiger partial charge in [0.2, 0.25) is 0 Å². The SMILES string of the molecule is NC(=S)CCN(CCC(F)(F)F)c1ccccc1. The number of anilines is 1. The van der Waals surface area contributed by atoms with E-state index in [1.54, 1.807) is 29.2 Å². The summed E-state index contributed by atoms with van der Waals surface area (Å²) in [5.41, 5.74) is 6.13. The van der Waals surface area contributed by atoms with Crippen molar-refractivity contribution in [1.82, 2.24) is 0 Å². The third-order valence-electron chi connectivity index (χ3n) is 2.41. The average molecular weight is 276 g/mol. The first-order valence-corrected chi connectivity index (χ1v) is 5.94. The second-order valence-corrected chi connectivity index (χ2v) is 4.43. The summed E-state index contributed by atoms with van der Waals surface area (Å²) >= 11 is 4.75. The minimum Gasteiger partial charge on any atom is -0.393 e. The number of para-hydroxylation sites is 1. The first-order chi connectivity index (χ1) is 8.38. The Kier molecular flexibility index (Phi) is 5.40. The number of nitrogens with zero attached hydrogens (tertiary/aromatic N) is 1. The molecule has 0 aliphatic heterocycles. The molecule has 0 atom stereocenters. The molecule has 0 heterocycles. The van der Waals surface area contributed by atoms with Crippen LogP contribution in [-0.2, 0) is 0 Å². The van der Waals surface area contributed by atoms with Gasteiger partial charge < -0.3 is 10.6 Å². The van der Waals surface area contributed by atoms with Crippen molar-refractivity contribution in [3.05, 3.63) is 30.3 Å². The minimum absolute atomic E-state index is 0.0872. The Morgan fingerprint density at radius 3 is 2.28 bits per heavy atom. The molecule has 0 fully saturated rings. The van der Waals surface area contributed by atoms with Gasteiger partial charge in [-0.3, -0.25) is 0 Å². The Labute approximate surface area is 110 Å². The van der Waals surface area contributed by atoms with Crippen LogP contribution in [0.5, 0.6) is 0 Å². The number of hydrogen-bond donors (Lipinski definition) is 1. The van der Waals surface area contributed by atoms with E-state index in [4.69, 9.17) is 18.0 Å². The first-order valence-electron chi connectivity index (χ1n) is 5.53. The number of halogens is 3. The summed E-state index contributed by atoms with van der Waals surface area (Å²) in [4.78, 5) is 1.95. The highest BCUT2D eigenvalue weighted by atomic mass is 32.1. The van der Waals surface area contributed by atoms with Crippen LogP contribution in [0.15, 0.2) is 30.3 Å². The molecule has 0 radical (unpaired) electrons. The zero-order chi connectivity index (χ0) is 13.6. The van der Waals surface area contributed by atoms with E-state index in [2.05, 4.69) is 0 Å². The highest BCUT2D eigenvalue weighted by Crippen LogP contribution is 2.22. The van der Waals surface area contributed by atoms with Crippen LogP contribution in [0.3, 0.4) is 0 Å².